The molecule has 18 heavy (non-hydrogen) atoms. The molecule has 0 radical (unpaired) electrons. The summed E-state index contributed by atoms with van der Waals surface area (Å²) in [6.45, 7) is 3.48. The van der Waals surface area contributed by atoms with Gasteiger partial charge in [-0.25, -0.2) is 0 Å². The van der Waals surface area contributed by atoms with Gasteiger partial charge in [-0.15, -0.1) is 0 Å². The molecule has 1 aromatic heterocycles. The fourth-order valence-electron chi connectivity index (χ4n) is 1.94. The summed E-state index contributed by atoms with van der Waals surface area (Å²) in [5.74, 6) is 0.888. The predicted molar refractivity (Wildman–Crippen MR) is 71.6 cm³/mol. The monoisotopic (exact) mass is 245 g/mol. The topological polar surface area (TPSA) is 53.1 Å². The molecule has 2 aromatic rings. The molecule has 1 aromatic carbocycles. The van der Waals surface area contributed by atoms with E-state index in [1.807, 2.05) is 23.0 Å². The number of benzene rings is 1. The van der Waals surface area contributed by atoms with Gasteiger partial charge in [0, 0.05) is 24.3 Å². The largest absolute Gasteiger partial charge is 0.497 e. The average Bonchev–Trinajstić information content (AvgIpc) is 2.77. The molecule has 0 aliphatic carbocycles. The molecule has 4 nitrogen and oxygen atoms in total. The summed E-state index contributed by atoms with van der Waals surface area (Å²) in [4.78, 5) is 0. The molecule has 4 heteroatoms. The van der Waals surface area contributed by atoms with E-state index in [0.29, 0.717) is 6.54 Å². The number of hydrogen-bond donors (Lipinski definition) is 1. The Balaban J connectivity index is 1.99. The second-order valence-corrected chi connectivity index (χ2v) is 4.28. The SMILES string of the molecule is COc1ccc(CCn2ncc(CN)c2C)cc1. The van der Waals surface area contributed by atoms with Crippen LogP contribution in [0.5, 0.6) is 5.75 Å². The van der Waals surface area contributed by atoms with Gasteiger partial charge in [-0.1, -0.05) is 12.1 Å². The highest BCUT2D eigenvalue weighted by molar-refractivity contribution is 5.27. The van der Waals surface area contributed by atoms with Crippen LogP contribution in [0.15, 0.2) is 30.5 Å². The highest BCUT2D eigenvalue weighted by Gasteiger charge is 2.04. The minimum absolute atomic E-state index is 0.550. The Morgan fingerprint density at radius 3 is 2.56 bits per heavy atom. The van der Waals surface area contributed by atoms with Crippen LogP contribution in [0.4, 0.5) is 0 Å². The van der Waals surface area contributed by atoms with Crippen molar-refractivity contribution in [3.63, 3.8) is 0 Å². The molecule has 0 spiro atoms. The summed E-state index contributed by atoms with van der Waals surface area (Å²) >= 11 is 0. The summed E-state index contributed by atoms with van der Waals surface area (Å²) < 4.78 is 7.14. The number of rotatable bonds is 5. The van der Waals surface area contributed by atoms with Crippen molar-refractivity contribution in [1.29, 1.82) is 0 Å². The lowest BCUT2D eigenvalue weighted by Crippen LogP contribution is -2.06. The van der Waals surface area contributed by atoms with E-state index in [9.17, 15) is 0 Å². The van der Waals surface area contributed by atoms with Crippen LogP contribution in [0.3, 0.4) is 0 Å². The fourth-order valence-corrected chi connectivity index (χ4v) is 1.94. The first-order valence-corrected chi connectivity index (χ1v) is 6.09. The van der Waals surface area contributed by atoms with Crippen molar-refractivity contribution in [3.8, 4) is 5.75 Å². The van der Waals surface area contributed by atoms with Crippen LogP contribution in [0, 0.1) is 6.92 Å². The van der Waals surface area contributed by atoms with Crippen molar-refractivity contribution in [2.45, 2.75) is 26.4 Å². The van der Waals surface area contributed by atoms with Gasteiger partial charge >= 0.3 is 0 Å². The van der Waals surface area contributed by atoms with E-state index in [0.717, 1.165) is 30.0 Å². The molecular weight excluding hydrogens is 226 g/mol. The molecular formula is C14H19N3O. The molecule has 0 aliphatic heterocycles. The smallest absolute Gasteiger partial charge is 0.118 e. The minimum atomic E-state index is 0.550. The zero-order valence-electron chi connectivity index (χ0n) is 10.9. The lowest BCUT2D eigenvalue weighted by molar-refractivity contribution is 0.414. The van der Waals surface area contributed by atoms with Gasteiger partial charge in [-0.05, 0) is 31.0 Å². The first-order valence-electron chi connectivity index (χ1n) is 6.09. The van der Waals surface area contributed by atoms with Gasteiger partial charge in [0.15, 0.2) is 0 Å². The molecule has 0 aliphatic rings. The number of nitrogens with zero attached hydrogens (tertiary/aromatic N) is 2. The van der Waals surface area contributed by atoms with Crippen molar-refractivity contribution in [2.75, 3.05) is 7.11 Å². The average molecular weight is 245 g/mol. The van der Waals surface area contributed by atoms with E-state index < -0.39 is 0 Å². The summed E-state index contributed by atoms with van der Waals surface area (Å²) in [6.07, 6.45) is 2.81. The highest BCUT2D eigenvalue weighted by Crippen LogP contribution is 2.13. The van der Waals surface area contributed by atoms with Crippen molar-refractivity contribution in [3.05, 3.63) is 47.3 Å². The zero-order chi connectivity index (χ0) is 13.0. The Labute approximate surface area is 107 Å². The quantitative estimate of drug-likeness (QED) is 0.875. The Morgan fingerprint density at radius 2 is 2.00 bits per heavy atom. The molecule has 0 bridgehead atoms. The molecule has 0 atom stereocenters. The third-order valence-electron chi connectivity index (χ3n) is 3.20. The summed E-state index contributed by atoms with van der Waals surface area (Å²) in [6, 6.07) is 8.14. The molecule has 2 rings (SSSR count). The molecule has 1 heterocycles. The Morgan fingerprint density at radius 1 is 1.28 bits per heavy atom. The van der Waals surface area contributed by atoms with E-state index in [4.69, 9.17) is 10.5 Å². The van der Waals surface area contributed by atoms with Crippen molar-refractivity contribution in [1.82, 2.24) is 9.78 Å². The lowest BCUT2D eigenvalue weighted by atomic mass is 10.1. The highest BCUT2D eigenvalue weighted by atomic mass is 16.5. The predicted octanol–water partition coefficient (Wildman–Crippen LogP) is 1.90. The number of ether oxygens (including phenoxy) is 1. The Bertz CT molecular complexity index is 502. The molecule has 0 saturated carbocycles. The van der Waals surface area contributed by atoms with E-state index in [2.05, 4.69) is 24.2 Å². The van der Waals surface area contributed by atoms with E-state index in [1.165, 1.54) is 5.56 Å². The second kappa shape index (κ2) is 5.69. The zero-order valence-corrected chi connectivity index (χ0v) is 10.9. The van der Waals surface area contributed by atoms with Gasteiger partial charge in [0.2, 0.25) is 0 Å². The van der Waals surface area contributed by atoms with Crippen LogP contribution in [0.2, 0.25) is 0 Å². The third-order valence-corrected chi connectivity index (χ3v) is 3.20. The minimum Gasteiger partial charge on any atom is -0.497 e. The Kier molecular flexibility index (Phi) is 3.99. The number of aromatic nitrogens is 2. The Hall–Kier alpha value is -1.81. The maximum absolute atomic E-state index is 5.64. The van der Waals surface area contributed by atoms with Crippen LogP contribution in [0.25, 0.3) is 0 Å². The number of aryl methyl sites for hydroxylation is 2. The van der Waals surface area contributed by atoms with Crippen LogP contribution in [-0.4, -0.2) is 16.9 Å². The van der Waals surface area contributed by atoms with E-state index in [-0.39, 0.29) is 0 Å². The molecule has 0 saturated heterocycles. The van der Waals surface area contributed by atoms with Crippen molar-refractivity contribution < 1.29 is 4.74 Å². The summed E-state index contributed by atoms with van der Waals surface area (Å²) in [5, 5.41) is 4.35. The molecule has 0 amide bonds. The molecule has 2 N–H and O–H groups in total. The standard InChI is InChI=1S/C14H19N3O/c1-11-13(9-15)10-16-17(11)8-7-12-3-5-14(18-2)6-4-12/h3-6,10H,7-9,15H2,1-2H3. The third kappa shape index (κ3) is 2.71. The lowest BCUT2D eigenvalue weighted by Gasteiger charge is -2.06. The number of hydrogen-bond acceptors (Lipinski definition) is 3. The first kappa shape index (κ1) is 12.6. The van der Waals surface area contributed by atoms with Crippen LogP contribution < -0.4 is 10.5 Å². The van der Waals surface area contributed by atoms with Crippen LogP contribution in [-0.2, 0) is 19.5 Å². The number of nitrogens with two attached hydrogens (primary N) is 1. The number of methoxy groups -OCH3 is 1. The van der Waals surface area contributed by atoms with Crippen LogP contribution in [0.1, 0.15) is 16.8 Å². The van der Waals surface area contributed by atoms with E-state index >= 15 is 0 Å². The van der Waals surface area contributed by atoms with Gasteiger partial charge in [-0.3, -0.25) is 4.68 Å². The van der Waals surface area contributed by atoms with Crippen molar-refractivity contribution in [2.24, 2.45) is 5.73 Å². The van der Waals surface area contributed by atoms with Crippen LogP contribution >= 0.6 is 0 Å². The normalized spacial score (nSPS) is 10.6. The second-order valence-electron chi connectivity index (χ2n) is 4.28. The van der Waals surface area contributed by atoms with Gasteiger partial charge < -0.3 is 10.5 Å². The summed E-state index contributed by atoms with van der Waals surface area (Å²) in [7, 11) is 1.68. The first-order chi connectivity index (χ1) is 8.74. The van der Waals surface area contributed by atoms with Gasteiger partial charge in [0.1, 0.15) is 5.75 Å². The molecule has 0 unspecified atom stereocenters. The van der Waals surface area contributed by atoms with E-state index in [1.54, 1.807) is 7.11 Å². The summed E-state index contributed by atoms with van der Waals surface area (Å²) in [5.41, 5.74) is 9.19. The maximum Gasteiger partial charge on any atom is 0.118 e. The van der Waals surface area contributed by atoms with Gasteiger partial charge in [0.25, 0.3) is 0 Å². The van der Waals surface area contributed by atoms with Gasteiger partial charge in [0.05, 0.1) is 13.3 Å². The molecule has 0 fully saturated rings. The van der Waals surface area contributed by atoms with Crippen molar-refractivity contribution >= 4 is 0 Å². The molecule has 96 valence electrons. The van der Waals surface area contributed by atoms with Gasteiger partial charge in [-0.2, -0.15) is 5.10 Å². The fraction of sp³-hybridized carbons (Fsp3) is 0.357. The maximum atomic E-state index is 5.64.